The fraction of sp³-hybridized carbons (Fsp3) is 0.250. The first-order chi connectivity index (χ1) is 15.3. The normalized spacial score (nSPS) is 14.4. The first kappa shape index (κ1) is 22.9. The molecule has 0 spiro atoms. The number of sulfonamides is 1. The van der Waals surface area contributed by atoms with Crippen molar-refractivity contribution in [3.63, 3.8) is 0 Å². The third-order valence-electron chi connectivity index (χ3n) is 4.76. The van der Waals surface area contributed by atoms with Crippen molar-refractivity contribution in [2.24, 2.45) is 0 Å². The molecule has 4 rings (SSSR count). The SMILES string of the molecule is O=C(Cc1nsc(NS(=O)(=O)c2ccc(-c3ccc(Cl)cc3)cc2Cl)n1)N1CCOCC1. The van der Waals surface area contributed by atoms with Crippen LogP contribution >= 0.6 is 34.7 Å². The Hall–Kier alpha value is -2.24. The molecule has 0 atom stereocenters. The van der Waals surface area contributed by atoms with Crippen LogP contribution in [0.25, 0.3) is 11.1 Å². The van der Waals surface area contributed by atoms with Crippen molar-refractivity contribution in [1.82, 2.24) is 14.3 Å². The molecule has 1 amide bonds. The zero-order valence-electron chi connectivity index (χ0n) is 16.6. The van der Waals surface area contributed by atoms with E-state index in [1.165, 1.54) is 6.07 Å². The Bertz CT molecular complexity index is 1230. The van der Waals surface area contributed by atoms with Gasteiger partial charge in [0.25, 0.3) is 10.0 Å². The number of halogens is 2. The van der Waals surface area contributed by atoms with E-state index in [1.807, 2.05) is 12.1 Å². The van der Waals surface area contributed by atoms with Gasteiger partial charge in [-0.25, -0.2) is 13.4 Å². The Morgan fingerprint density at radius 2 is 1.78 bits per heavy atom. The highest BCUT2D eigenvalue weighted by molar-refractivity contribution is 7.93. The van der Waals surface area contributed by atoms with Crippen LogP contribution in [0.5, 0.6) is 0 Å². The summed E-state index contributed by atoms with van der Waals surface area (Å²) in [5, 5.41) is 0.733. The second kappa shape index (κ2) is 9.72. The fourth-order valence-corrected chi connectivity index (χ4v) is 5.62. The third-order valence-corrected chi connectivity index (χ3v) is 7.63. The number of ether oxygens (including phenoxy) is 1. The van der Waals surface area contributed by atoms with Crippen molar-refractivity contribution < 1.29 is 17.9 Å². The maximum absolute atomic E-state index is 12.8. The van der Waals surface area contributed by atoms with Crippen molar-refractivity contribution in [1.29, 1.82) is 0 Å². The van der Waals surface area contributed by atoms with E-state index in [2.05, 4.69) is 14.1 Å². The molecule has 0 aliphatic carbocycles. The minimum Gasteiger partial charge on any atom is -0.378 e. The summed E-state index contributed by atoms with van der Waals surface area (Å²) in [6.07, 6.45) is -0.00519. The molecule has 2 heterocycles. The molecular weight excluding hydrogens is 495 g/mol. The molecule has 168 valence electrons. The number of amides is 1. The van der Waals surface area contributed by atoms with Gasteiger partial charge in [-0.3, -0.25) is 9.52 Å². The number of benzene rings is 2. The van der Waals surface area contributed by atoms with Crippen LogP contribution in [0.3, 0.4) is 0 Å². The minimum absolute atomic E-state index is 0.00519. The van der Waals surface area contributed by atoms with Crippen molar-refractivity contribution in [3.05, 3.63) is 58.3 Å². The van der Waals surface area contributed by atoms with Crippen LogP contribution in [-0.2, 0) is 26.0 Å². The van der Waals surface area contributed by atoms with Gasteiger partial charge in [-0.1, -0.05) is 41.4 Å². The molecule has 2 aromatic carbocycles. The van der Waals surface area contributed by atoms with Crippen molar-refractivity contribution in [3.8, 4) is 11.1 Å². The van der Waals surface area contributed by atoms with E-state index < -0.39 is 10.0 Å². The first-order valence-corrected chi connectivity index (χ1v) is 12.6. The van der Waals surface area contributed by atoms with E-state index in [0.717, 1.165) is 22.7 Å². The van der Waals surface area contributed by atoms with Gasteiger partial charge in [-0.05, 0) is 35.4 Å². The Labute approximate surface area is 199 Å². The zero-order valence-corrected chi connectivity index (χ0v) is 19.8. The van der Waals surface area contributed by atoms with Gasteiger partial charge in [0.2, 0.25) is 11.0 Å². The lowest BCUT2D eigenvalue weighted by atomic mass is 10.1. The molecule has 0 radical (unpaired) electrons. The maximum Gasteiger partial charge on any atom is 0.265 e. The number of hydrogen-bond donors (Lipinski definition) is 1. The molecule has 32 heavy (non-hydrogen) atoms. The van der Waals surface area contributed by atoms with Crippen LogP contribution in [0, 0.1) is 0 Å². The predicted molar refractivity (Wildman–Crippen MR) is 124 cm³/mol. The molecule has 0 saturated carbocycles. The lowest BCUT2D eigenvalue weighted by molar-refractivity contribution is -0.134. The van der Waals surface area contributed by atoms with Crippen LogP contribution in [0.4, 0.5) is 5.13 Å². The highest BCUT2D eigenvalue weighted by Gasteiger charge is 2.22. The summed E-state index contributed by atoms with van der Waals surface area (Å²) in [6.45, 7) is 2.04. The van der Waals surface area contributed by atoms with Gasteiger partial charge in [-0.15, -0.1) is 0 Å². The molecule has 1 aliphatic heterocycles. The van der Waals surface area contributed by atoms with E-state index in [1.54, 1.807) is 29.2 Å². The molecule has 0 bridgehead atoms. The van der Waals surface area contributed by atoms with Crippen LogP contribution in [0.2, 0.25) is 10.0 Å². The highest BCUT2D eigenvalue weighted by Crippen LogP contribution is 2.30. The number of rotatable bonds is 6. The van der Waals surface area contributed by atoms with Gasteiger partial charge in [0.15, 0.2) is 5.82 Å². The molecule has 1 aromatic heterocycles. The molecule has 3 aromatic rings. The van der Waals surface area contributed by atoms with Crippen molar-refractivity contribution in [2.45, 2.75) is 11.3 Å². The average Bonchev–Trinajstić information content (AvgIpc) is 3.20. The summed E-state index contributed by atoms with van der Waals surface area (Å²) < 4.78 is 37.4. The molecule has 1 fully saturated rings. The standard InChI is InChI=1S/C20H18Cl2N4O4S2/c21-15-4-1-13(2-5-15)14-3-6-17(16(22)11-14)32(28,29)25-20-23-18(24-31-20)12-19(27)26-7-9-30-10-8-26/h1-6,11H,7-10,12H2,(H,23,24,25). The number of hydrogen-bond acceptors (Lipinski definition) is 7. The van der Waals surface area contributed by atoms with Gasteiger partial charge in [-0.2, -0.15) is 4.37 Å². The molecule has 12 heteroatoms. The average molecular weight is 513 g/mol. The van der Waals surface area contributed by atoms with Gasteiger partial charge in [0.1, 0.15) is 4.90 Å². The third kappa shape index (κ3) is 5.38. The Balaban J connectivity index is 1.46. The van der Waals surface area contributed by atoms with Gasteiger partial charge in [0, 0.05) is 29.6 Å². The number of carbonyl (C=O) groups excluding carboxylic acids is 1. The minimum atomic E-state index is -3.99. The number of anilines is 1. The summed E-state index contributed by atoms with van der Waals surface area (Å²) in [5.41, 5.74) is 1.61. The highest BCUT2D eigenvalue weighted by atomic mass is 35.5. The topological polar surface area (TPSA) is 101 Å². The molecular formula is C20H18Cl2N4O4S2. The van der Waals surface area contributed by atoms with E-state index in [9.17, 15) is 13.2 Å². The first-order valence-electron chi connectivity index (χ1n) is 9.58. The fourth-order valence-electron chi connectivity index (χ4n) is 3.14. The van der Waals surface area contributed by atoms with E-state index in [0.29, 0.717) is 31.3 Å². The van der Waals surface area contributed by atoms with E-state index >= 15 is 0 Å². The van der Waals surface area contributed by atoms with Crippen molar-refractivity contribution >= 4 is 55.8 Å². The summed E-state index contributed by atoms with van der Waals surface area (Å²) in [7, 11) is -3.99. The van der Waals surface area contributed by atoms with Crippen LogP contribution < -0.4 is 4.72 Å². The maximum atomic E-state index is 12.8. The number of carbonyl (C=O) groups is 1. The molecule has 1 aliphatic rings. The molecule has 1 saturated heterocycles. The zero-order chi connectivity index (χ0) is 22.7. The lowest BCUT2D eigenvalue weighted by Crippen LogP contribution is -2.41. The summed E-state index contributed by atoms with van der Waals surface area (Å²) in [6, 6.07) is 11.8. The molecule has 0 unspecified atom stereocenters. The summed E-state index contributed by atoms with van der Waals surface area (Å²) in [5.74, 6) is 0.134. The molecule has 8 nitrogen and oxygen atoms in total. The van der Waals surface area contributed by atoms with Gasteiger partial charge < -0.3 is 9.64 Å². The van der Waals surface area contributed by atoms with Crippen molar-refractivity contribution in [2.75, 3.05) is 31.0 Å². The number of aromatic nitrogens is 2. The van der Waals surface area contributed by atoms with Gasteiger partial charge >= 0.3 is 0 Å². The largest absolute Gasteiger partial charge is 0.378 e. The smallest absolute Gasteiger partial charge is 0.265 e. The Morgan fingerprint density at radius 1 is 1.09 bits per heavy atom. The monoisotopic (exact) mass is 512 g/mol. The summed E-state index contributed by atoms with van der Waals surface area (Å²) >= 11 is 13.1. The van der Waals surface area contributed by atoms with E-state index in [-0.39, 0.29) is 33.2 Å². The summed E-state index contributed by atoms with van der Waals surface area (Å²) in [4.78, 5) is 18.1. The predicted octanol–water partition coefficient (Wildman–Crippen LogP) is 3.71. The van der Waals surface area contributed by atoms with Crippen LogP contribution in [0.15, 0.2) is 47.4 Å². The van der Waals surface area contributed by atoms with E-state index in [4.69, 9.17) is 27.9 Å². The lowest BCUT2D eigenvalue weighted by Gasteiger charge is -2.26. The second-order valence-electron chi connectivity index (χ2n) is 6.94. The quantitative estimate of drug-likeness (QED) is 0.539. The second-order valence-corrected chi connectivity index (χ2v) is 10.2. The number of nitrogens with one attached hydrogen (secondary N) is 1. The number of nitrogens with zero attached hydrogens (tertiary/aromatic N) is 3. The molecule has 1 N–H and O–H groups in total. The van der Waals surface area contributed by atoms with Gasteiger partial charge in [0.05, 0.1) is 24.7 Å². The van der Waals surface area contributed by atoms with Crippen LogP contribution in [-0.4, -0.2) is 54.9 Å². The van der Waals surface area contributed by atoms with Crippen LogP contribution in [0.1, 0.15) is 5.82 Å². The number of morpholine rings is 1. The Kier molecular flexibility index (Phi) is 6.96. The Morgan fingerprint density at radius 3 is 2.47 bits per heavy atom.